The van der Waals surface area contributed by atoms with Crippen LogP contribution in [0.3, 0.4) is 0 Å². The molecule has 48 heavy (non-hydrogen) atoms. The van der Waals surface area contributed by atoms with Crippen molar-refractivity contribution in [2.24, 2.45) is 0 Å². The van der Waals surface area contributed by atoms with Gasteiger partial charge in [0, 0.05) is 26.1 Å². The lowest BCUT2D eigenvalue weighted by Crippen LogP contribution is -2.59. The maximum Gasteiger partial charge on any atom is 0.264 e. The van der Waals surface area contributed by atoms with Crippen LogP contribution in [0.2, 0.25) is 0 Å². The molecular weight excluding hydrogens is 675 g/mol. The molecule has 3 rings (SSSR count). The van der Waals surface area contributed by atoms with Crippen molar-refractivity contribution in [3.05, 3.63) is 54.3 Å². The molecule has 3 amide bonds. The van der Waals surface area contributed by atoms with Crippen molar-refractivity contribution in [3.8, 4) is 11.5 Å². The number of amides is 3. The zero-order valence-electron chi connectivity index (χ0n) is 26.5. The van der Waals surface area contributed by atoms with Crippen molar-refractivity contribution in [3.63, 3.8) is 0 Å². The van der Waals surface area contributed by atoms with Crippen LogP contribution in [0.5, 0.6) is 11.5 Å². The van der Waals surface area contributed by atoms with Gasteiger partial charge in [-0.25, -0.2) is 18.3 Å². The first-order chi connectivity index (χ1) is 23.1. The molecule has 0 atom stereocenters. The molecule has 0 spiro atoms. The molecule has 0 heterocycles. The molecule has 17 heteroatoms. The number of alkyl halides is 1. The number of rotatable bonds is 22. The number of nitrogens with zero attached hydrogens (tertiary/aromatic N) is 1. The van der Waals surface area contributed by atoms with Gasteiger partial charge in [-0.3, -0.25) is 19.6 Å². The predicted octanol–water partition coefficient (Wildman–Crippen LogP) is 2.34. The van der Waals surface area contributed by atoms with Crippen LogP contribution in [0, 0.1) is 5.82 Å². The van der Waals surface area contributed by atoms with Crippen LogP contribution in [0.1, 0.15) is 32.1 Å². The standard InChI is InChI=1S/C31H42ClFN4O10S/c32-23-29(39)35-15-18-45-20-22-46-21-19-44-17-14-34-28(38)11-16-37(31(30(40)36-41)12-1-2-13-31)48(42,43)27-9-7-26(8-10-27)47-25-5-3-24(33)4-6-25/h3-10,41H,1-2,11-23H2,(H,34,38)(H,35,39)(H,36,40). The molecule has 0 aliphatic heterocycles. The van der Waals surface area contributed by atoms with E-state index in [4.69, 9.17) is 30.5 Å². The van der Waals surface area contributed by atoms with Gasteiger partial charge in [0.1, 0.15) is 28.7 Å². The fraction of sp³-hybridized carbons (Fsp3) is 0.516. The van der Waals surface area contributed by atoms with E-state index in [1.165, 1.54) is 48.5 Å². The predicted molar refractivity (Wildman–Crippen MR) is 172 cm³/mol. The van der Waals surface area contributed by atoms with Gasteiger partial charge in [-0.1, -0.05) is 12.8 Å². The summed E-state index contributed by atoms with van der Waals surface area (Å²) in [6, 6.07) is 10.8. The maximum absolute atomic E-state index is 14.0. The van der Waals surface area contributed by atoms with E-state index in [2.05, 4.69) is 10.6 Å². The average Bonchev–Trinajstić information content (AvgIpc) is 3.58. The summed E-state index contributed by atoms with van der Waals surface area (Å²) in [5.74, 6) is -1.44. The Hall–Kier alpha value is -3.38. The van der Waals surface area contributed by atoms with Crippen LogP contribution in [0.25, 0.3) is 0 Å². The molecule has 266 valence electrons. The first kappa shape index (κ1) is 39.1. The van der Waals surface area contributed by atoms with Gasteiger partial charge in [0.2, 0.25) is 21.8 Å². The SMILES string of the molecule is O=C(CCl)NCCOCCOCCOCCNC(=O)CCN(C1(C(=O)NO)CCCC1)S(=O)(=O)c1ccc(Oc2ccc(F)cc2)cc1. The number of hydrogen-bond donors (Lipinski definition) is 4. The van der Waals surface area contributed by atoms with Gasteiger partial charge in [-0.05, 0) is 61.4 Å². The highest BCUT2D eigenvalue weighted by Gasteiger charge is 2.51. The Kier molecular flexibility index (Phi) is 16.4. The summed E-state index contributed by atoms with van der Waals surface area (Å²) in [7, 11) is -4.33. The Balaban J connectivity index is 1.48. The van der Waals surface area contributed by atoms with Crippen LogP contribution < -0.4 is 20.9 Å². The van der Waals surface area contributed by atoms with E-state index >= 15 is 0 Å². The fourth-order valence-electron chi connectivity index (χ4n) is 5.07. The Morgan fingerprint density at radius 2 is 1.31 bits per heavy atom. The normalized spacial score (nSPS) is 14.1. The second kappa shape index (κ2) is 20.2. The summed E-state index contributed by atoms with van der Waals surface area (Å²) in [5, 5.41) is 14.8. The number of carbonyl (C=O) groups excluding carboxylic acids is 3. The summed E-state index contributed by atoms with van der Waals surface area (Å²) in [6.45, 7) is 2.01. The minimum absolute atomic E-state index is 0.0996. The minimum Gasteiger partial charge on any atom is -0.457 e. The molecule has 0 unspecified atom stereocenters. The number of nitrogens with one attached hydrogen (secondary N) is 3. The third-order valence-corrected chi connectivity index (χ3v) is 9.66. The van der Waals surface area contributed by atoms with E-state index in [0.29, 0.717) is 57.3 Å². The zero-order valence-corrected chi connectivity index (χ0v) is 28.0. The molecular formula is C31H42ClFN4O10S. The molecule has 1 saturated carbocycles. The van der Waals surface area contributed by atoms with Gasteiger partial charge in [-0.15, -0.1) is 11.6 Å². The maximum atomic E-state index is 14.0. The molecule has 2 aromatic carbocycles. The molecule has 1 aliphatic carbocycles. The van der Waals surface area contributed by atoms with E-state index in [1.54, 1.807) is 5.48 Å². The smallest absolute Gasteiger partial charge is 0.264 e. The lowest BCUT2D eigenvalue weighted by molar-refractivity contribution is -0.139. The highest BCUT2D eigenvalue weighted by atomic mass is 35.5. The lowest BCUT2D eigenvalue weighted by Gasteiger charge is -2.38. The van der Waals surface area contributed by atoms with Gasteiger partial charge in [-0.2, -0.15) is 4.31 Å². The third-order valence-electron chi connectivity index (χ3n) is 7.44. The monoisotopic (exact) mass is 716 g/mol. The number of hydrogen-bond acceptors (Lipinski definition) is 10. The van der Waals surface area contributed by atoms with E-state index < -0.39 is 33.2 Å². The zero-order chi connectivity index (χ0) is 34.8. The van der Waals surface area contributed by atoms with Crippen LogP contribution >= 0.6 is 11.6 Å². The summed E-state index contributed by atoms with van der Waals surface area (Å²) in [6.07, 6.45) is 1.20. The average molecular weight is 717 g/mol. The van der Waals surface area contributed by atoms with Gasteiger partial charge in [0.05, 0.1) is 44.5 Å². The summed E-state index contributed by atoms with van der Waals surface area (Å²) < 4.78 is 64.0. The minimum atomic E-state index is -4.33. The Labute approximate surface area is 284 Å². The van der Waals surface area contributed by atoms with Gasteiger partial charge < -0.3 is 29.6 Å². The van der Waals surface area contributed by atoms with Gasteiger partial charge in [0.15, 0.2) is 0 Å². The highest BCUT2D eigenvalue weighted by molar-refractivity contribution is 7.89. The summed E-state index contributed by atoms with van der Waals surface area (Å²) >= 11 is 5.38. The van der Waals surface area contributed by atoms with Crippen LogP contribution in [-0.4, -0.2) is 106 Å². The third kappa shape index (κ3) is 11.9. The number of halogens is 2. The highest BCUT2D eigenvalue weighted by Crippen LogP contribution is 2.39. The topological polar surface area (TPSA) is 182 Å². The van der Waals surface area contributed by atoms with Gasteiger partial charge >= 0.3 is 0 Å². The van der Waals surface area contributed by atoms with Crippen LogP contribution in [0.4, 0.5) is 4.39 Å². The number of sulfonamides is 1. The van der Waals surface area contributed by atoms with E-state index in [-0.39, 0.29) is 62.2 Å². The molecule has 0 saturated heterocycles. The number of ether oxygens (including phenoxy) is 4. The fourth-order valence-corrected chi connectivity index (χ4v) is 6.96. The van der Waals surface area contributed by atoms with Crippen molar-refractivity contribution in [2.45, 2.75) is 42.5 Å². The Bertz CT molecular complexity index is 1410. The second-order valence-electron chi connectivity index (χ2n) is 10.7. The van der Waals surface area contributed by atoms with Gasteiger partial charge in [0.25, 0.3) is 5.91 Å². The number of hydroxylamine groups is 1. The molecule has 0 aromatic heterocycles. The molecule has 1 fully saturated rings. The second-order valence-corrected chi connectivity index (χ2v) is 12.8. The first-order valence-electron chi connectivity index (χ1n) is 15.5. The Morgan fingerprint density at radius 3 is 1.83 bits per heavy atom. The molecule has 0 radical (unpaired) electrons. The quantitative estimate of drug-likeness (QED) is 0.0611. The molecule has 2 aromatic rings. The largest absolute Gasteiger partial charge is 0.457 e. The van der Waals surface area contributed by atoms with Crippen molar-refractivity contribution in [1.82, 2.24) is 20.4 Å². The van der Waals surface area contributed by atoms with E-state index in [9.17, 15) is 32.4 Å². The molecule has 4 N–H and O–H groups in total. The summed E-state index contributed by atoms with van der Waals surface area (Å²) in [4.78, 5) is 36.5. The number of carbonyl (C=O) groups is 3. The van der Waals surface area contributed by atoms with E-state index in [0.717, 1.165) is 4.31 Å². The summed E-state index contributed by atoms with van der Waals surface area (Å²) in [5.41, 5.74) is 0.0416. The molecule has 1 aliphatic rings. The van der Waals surface area contributed by atoms with Crippen molar-refractivity contribution in [1.29, 1.82) is 0 Å². The van der Waals surface area contributed by atoms with E-state index in [1.807, 2.05) is 0 Å². The van der Waals surface area contributed by atoms with Crippen molar-refractivity contribution >= 4 is 39.3 Å². The molecule has 14 nitrogen and oxygen atoms in total. The first-order valence-corrected chi connectivity index (χ1v) is 17.4. The van der Waals surface area contributed by atoms with Crippen molar-refractivity contribution in [2.75, 3.05) is 65.2 Å². The van der Waals surface area contributed by atoms with Crippen LogP contribution in [-0.2, 0) is 38.6 Å². The Morgan fingerprint density at radius 1 is 0.812 bits per heavy atom. The molecule has 0 bridgehead atoms. The van der Waals surface area contributed by atoms with Crippen molar-refractivity contribution < 1.29 is 51.3 Å². The van der Waals surface area contributed by atoms with Crippen LogP contribution in [0.15, 0.2) is 53.4 Å². The lowest BCUT2D eigenvalue weighted by atomic mass is 9.96. The number of benzene rings is 2.